The summed E-state index contributed by atoms with van der Waals surface area (Å²) in [4.78, 5) is 0. The summed E-state index contributed by atoms with van der Waals surface area (Å²) >= 11 is 0. The second-order valence-electron chi connectivity index (χ2n) is 1.80. The molecule has 0 saturated carbocycles. The monoisotopic (exact) mass is 168 g/mol. The van der Waals surface area contributed by atoms with E-state index < -0.39 is 12.0 Å². The number of rotatable bonds is 2. The molecular weight excluding hydrogens is 154 g/mol. The molecular formula is C4H14N2Na2O2. The van der Waals surface area contributed by atoms with Gasteiger partial charge in [0.05, 0.1) is 6.04 Å². The van der Waals surface area contributed by atoms with Crippen molar-refractivity contribution < 1.29 is 10.2 Å². The van der Waals surface area contributed by atoms with Gasteiger partial charge in [-0.2, -0.15) is 0 Å². The number of nitrogens with two attached hydrogens (primary N) is 2. The summed E-state index contributed by atoms with van der Waals surface area (Å²) < 4.78 is 0. The van der Waals surface area contributed by atoms with Crippen molar-refractivity contribution in [3.05, 3.63) is 0 Å². The van der Waals surface area contributed by atoms with Crippen molar-refractivity contribution in [2.24, 2.45) is 11.5 Å². The van der Waals surface area contributed by atoms with Gasteiger partial charge >= 0.3 is 59.1 Å². The summed E-state index contributed by atoms with van der Waals surface area (Å²) in [5, 5.41) is 17.0. The van der Waals surface area contributed by atoms with Crippen molar-refractivity contribution in [3.8, 4) is 0 Å². The Kier molecular flexibility index (Phi) is 13.3. The number of hydrogen-bond donors (Lipinski definition) is 4. The molecule has 0 radical (unpaired) electrons. The van der Waals surface area contributed by atoms with Crippen LogP contribution in [0.2, 0.25) is 0 Å². The molecule has 54 valence electrons. The van der Waals surface area contributed by atoms with Crippen molar-refractivity contribution in [1.29, 1.82) is 0 Å². The van der Waals surface area contributed by atoms with Crippen LogP contribution in [0.3, 0.4) is 0 Å². The minimum absolute atomic E-state index is 0. The van der Waals surface area contributed by atoms with Gasteiger partial charge in [-0.25, -0.2) is 0 Å². The third-order valence-electron chi connectivity index (χ3n) is 0.986. The van der Waals surface area contributed by atoms with E-state index in [1.165, 1.54) is 0 Å². The fourth-order valence-corrected chi connectivity index (χ4v) is 0.300. The molecule has 6 heteroatoms. The fraction of sp³-hybridized carbons (Fsp3) is 1.00. The molecule has 0 amide bonds. The van der Waals surface area contributed by atoms with Crippen molar-refractivity contribution in [1.82, 2.24) is 0 Å². The van der Waals surface area contributed by atoms with Gasteiger partial charge in [-0.15, -0.1) is 0 Å². The van der Waals surface area contributed by atoms with Crippen molar-refractivity contribution in [2.45, 2.75) is 25.3 Å². The molecule has 10 heavy (non-hydrogen) atoms. The van der Waals surface area contributed by atoms with Crippen LogP contribution < -0.4 is 11.5 Å². The Morgan fingerprint density at radius 2 is 1.70 bits per heavy atom. The Bertz CT molecular complexity index is 76.1. The first-order valence-corrected chi connectivity index (χ1v) is 2.47. The van der Waals surface area contributed by atoms with E-state index in [2.05, 4.69) is 0 Å². The van der Waals surface area contributed by atoms with Crippen LogP contribution in [0.1, 0.15) is 13.3 Å². The second-order valence-corrected chi connectivity index (χ2v) is 1.80. The summed E-state index contributed by atoms with van der Waals surface area (Å²) in [6.07, 6.45) is 0.448. The Morgan fingerprint density at radius 1 is 1.40 bits per heavy atom. The van der Waals surface area contributed by atoms with E-state index in [1.54, 1.807) is 6.92 Å². The fourth-order valence-electron chi connectivity index (χ4n) is 0.300. The van der Waals surface area contributed by atoms with Crippen LogP contribution >= 0.6 is 0 Å². The molecule has 0 bridgehead atoms. The third-order valence-corrected chi connectivity index (χ3v) is 0.986. The van der Waals surface area contributed by atoms with E-state index in [9.17, 15) is 0 Å². The zero-order valence-corrected chi connectivity index (χ0v) is 4.83. The molecule has 0 spiro atoms. The normalized spacial score (nSPS) is 12.9. The molecule has 1 atom stereocenters. The molecule has 0 fully saturated rings. The third kappa shape index (κ3) is 7.94. The van der Waals surface area contributed by atoms with Crippen molar-refractivity contribution >= 4 is 59.1 Å². The molecule has 0 aromatic rings. The Morgan fingerprint density at radius 3 is 1.70 bits per heavy atom. The molecule has 0 aromatic carbocycles. The molecule has 0 rings (SSSR count). The van der Waals surface area contributed by atoms with Gasteiger partial charge in [0.25, 0.3) is 0 Å². The molecule has 0 heterocycles. The van der Waals surface area contributed by atoms with Gasteiger partial charge in [0.2, 0.25) is 5.91 Å². The van der Waals surface area contributed by atoms with E-state index in [-0.39, 0.29) is 59.1 Å². The summed E-state index contributed by atoms with van der Waals surface area (Å²) in [5.74, 6) is -2.21. The maximum absolute atomic E-state index is 8.49. The Labute approximate surface area is 105 Å². The van der Waals surface area contributed by atoms with Crippen LogP contribution in [-0.4, -0.2) is 81.3 Å². The first-order chi connectivity index (χ1) is 3.48. The van der Waals surface area contributed by atoms with Gasteiger partial charge in [-0.3, -0.25) is 5.73 Å². The number of hydrogen-bond acceptors (Lipinski definition) is 4. The zero-order valence-electron chi connectivity index (χ0n) is 4.83. The van der Waals surface area contributed by atoms with Crippen LogP contribution in [-0.2, 0) is 0 Å². The molecule has 0 aliphatic rings. The first kappa shape index (κ1) is 17.8. The predicted octanol–water partition coefficient (Wildman–Crippen LogP) is -2.98. The Hall–Kier alpha value is 1.84. The average Bonchev–Trinajstić information content (AvgIpc) is 1.62. The van der Waals surface area contributed by atoms with Crippen LogP contribution in [0.4, 0.5) is 0 Å². The predicted molar refractivity (Wildman–Crippen MR) is 43.9 cm³/mol. The summed E-state index contributed by atoms with van der Waals surface area (Å²) in [7, 11) is 0. The van der Waals surface area contributed by atoms with Crippen LogP contribution in [0.15, 0.2) is 0 Å². The second kappa shape index (κ2) is 7.49. The van der Waals surface area contributed by atoms with Gasteiger partial charge in [0, 0.05) is 0 Å². The standard InChI is InChI=1S/C4H12N2O2.2Na.2H/c1-2-3(5)4(6,7)8;;;;/h3,7-8H,2,5-6H2,1H3;;;;. The Balaban J connectivity index is -0.000000245. The van der Waals surface area contributed by atoms with E-state index in [0.29, 0.717) is 6.42 Å². The number of aliphatic hydroxyl groups is 2. The maximum atomic E-state index is 8.49. The van der Waals surface area contributed by atoms with E-state index in [0.717, 1.165) is 0 Å². The van der Waals surface area contributed by atoms with Crippen LogP contribution in [0.25, 0.3) is 0 Å². The minimum atomic E-state index is -2.21. The molecule has 0 saturated heterocycles. The molecule has 6 N–H and O–H groups in total. The summed E-state index contributed by atoms with van der Waals surface area (Å²) in [6, 6.07) is -0.762. The van der Waals surface area contributed by atoms with E-state index >= 15 is 0 Å². The van der Waals surface area contributed by atoms with Gasteiger partial charge in [-0.1, -0.05) is 6.92 Å². The zero-order chi connectivity index (χ0) is 6.78. The van der Waals surface area contributed by atoms with Gasteiger partial charge in [-0.05, 0) is 6.42 Å². The van der Waals surface area contributed by atoms with Crippen LogP contribution in [0.5, 0.6) is 0 Å². The van der Waals surface area contributed by atoms with Gasteiger partial charge in [0.15, 0.2) is 0 Å². The molecule has 1 unspecified atom stereocenters. The molecule has 0 aromatic heterocycles. The van der Waals surface area contributed by atoms with Crippen molar-refractivity contribution in [2.75, 3.05) is 0 Å². The topological polar surface area (TPSA) is 92.5 Å². The van der Waals surface area contributed by atoms with E-state index in [4.69, 9.17) is 21.7 Å². The van der Waals surface area contributed by atoms with Gasteiger partial charge in [0.1, 0.15) is 0 Å². The molecule has 0 aliphatic carbocycles. The van der Waals surface area contributed by atoms with Crippen molar-refractivity contribution in [3.63, 3.8) is 0 Å². The molecule has 4 nitrogen and oxygen atoms in total. The quantitative estimate of drug-likeness (QED) is 0.261. The summed E-state index contributed by atoms with van der Waals surface area (Å²) in [5.41, 5.74) is 9.90. The molecule has 0 aliphatic heterocycles. The van der Waals surface area contributed by atoms with E-state index in [1.807, 2.05) is 0 Å². The first-order valence-electron chi connectivity index (χ1n) is 2.47. The average molecular weight is 168 g/mol. The van der Waals surface area contributed by atoms with Crippen LogP contribution in [0, 0.1) is 0 Å². The SMILES string of the molecule is CCC(N)C(N)(O)O.[NaH].[NaH]. The summed E-state index contributed by atoms with van der Waals surface area (Å²) in [6.45, 7) is 1.72. The van der Waals surface area contributed by atoms with Gasteiger partial charge < -0.3 is 15.9 Å².